The highest BCUT2D eigenvalue weighted by molar-refractivity contribution is 5.80. The highest BCUT2D eigenvalue weighted by Gasteiger charge is 2.31. The maximum absolute atomic E-state index is 11.9. The maximum atomic E-state index is 11.9. The monoisotopic (exact) mass is 312 g/mol. The van der Waals surface area contributed by atoms with Crippen molar-refractivity contribution in [1.29, 1.82) is 0 Å². The Hall–Kier alpha value is -1.79. The lowest BCUT2D eigenvalue weighted by Crippen LogP contribution is -2.43. The van der Waals surface area contributed by atoms with Crippen LogP contribution in [0.3, 0.4) is 0 Å². The van der Waals surface area contributed by atoms with Crippen LogP contribution in [0.4, 0.5) is 4.79 Å². The number of hydrogen-bond acceptors (Lipinski definition) is 3. The first-order chi connectivity index (χ1) is 10.5. The Morgan fingerprint density at radius 3 is 1.64 bits per heavy atom. The van der Waals surface area contributed by atoms with Gasteiger partial charge in [0.1, 0.15) is 0 Å². The number of aliphatic carboxylic acids is 1. The first kappa shape index (κ1) is 16.6. The fraction of sp³-hybridized carbons (Fsp3) is 0.800. The Labute approximate surface area is 129 Å². The highest BCUT2D eigenvalue weighted by Crippen LogP contribution is 2.32. The summed E-state index contributed by atoms with van der Waals surface area (Å²) in [5, 5.41) is 17.6. The molecule has 2 rings (SSSR count). The van der Waals surface area contributed by atoms with Gasteiger partial charge < -0.3 is 20.0 Å². The van der Waals surface area contributed by atoms with E-state index in [1.807, 2.05) is 0 Å². The summed E-state index contributed by atoms with van der Waals surface area (Å²) in [5.41, 5.74) is 0. The molecular weight excluding hydrogens is 288 g/mol. The lowest BCUT2D eigenvalue weighted by atomic mass is 9.79. The van der Waals surface area contributed by atoms with Crippen molar-refractivity contribution < 1.29 is 24.6 Å². The van der Waals surface area contributed by atoms with Gasteiger partial charge >= 0.3 is 12.1 Å². The molecule has 2 aliphatic rings. The number of likely N-dealkylation sites (tertiary alicyclic amines) is 2. The third-order valence-electron chi connectivity index (χ3n) is 4.92. The van der Waals surface area contributed by atoms with E-state index < -0.39 is 12.1 Å². The fourth-order valence-corrected chi connectivity index (χ4v) is 3.55. The molecule has 2 aliphatic heterocycles. The molecule has 0 aliphatic carbocycles. The minimum Gasteiger partial charge on any atom is -0.481 e. The van der Waals surface area contributed by atoms with Gasteiger partial charge in [-0.2, -0.15) is 0 Å². The minimum absolute atomic E-state index is 0.0680. The van der Waals surface area contributed by atoms with Gasteiger partial charge in [0.25, 0.3) is 0 Å². The van der Waals surface area contributed by atoms with Gasteiger partial charge in [-0.05, 0) is 37.5 Å². The molecule has 0 unspecified atom stereocenters. The summed E-state index contributed by atoms with van der Waals surface area (Å²) in [6, 6.07) is 0. The van der Waals surface area contributed by atoms with E-state index in [0.29, 0.717) is 38.0 Å². The van der Waals surface area contributed by atoms with Crippen molar-refractivity contribution in [3.05, 3.63) is 0 Å². The van der Waals surface area contributed by atoms with Crippen molar-refractivity contribution in [3.63, 3.8) is 0 Å². The second-order valence-corrected chi connectivity index (χ2v) is 6.22. The van der Waals surface area contributed by atoms with Crippen molar-refractivity contribution in [2.24, 2.45) is 11.8 Å². The SMILES string of the molecule is O=C(O)CCC(=O)N1CCC(C2CCN(C(=O)O)CC2)CC1. The van der Waals surface area contributed by atoms with Crippen molar-refractivity contribution in [3.8, 4) is 0 Å². The van der Waals surface area contributed by atoms with Crippen LogP contribution in [0.5, 0.6) is 0 Å². The highest BCUT2D eigenvalue weighted by atomic mass is 16.4. The summed E-state index contributed by atoms with van der Waals surface area (Å²) in [6.07, 6.45) is 2.84. The van der Waals surface area contributed by atoms with Crippen molar-refractivity contribution >= 4 is 18.0 Å². The first-order valence-electron chi connectivity index (χ1n) is 7.95. The van der Waals surface area contributed by atoms with Gasteiger partial charge in [-0.3, -0.25) is 9.59 Å². The number of amides is 2. The van der Waals surface area contributed by atoms with Crippen LogP contribution in [0.2, 0.25) is 0 Å². The summed E-state index contributed by atoms with van der Waals surface area (Å²) in [5.74, 6) is 0.0984. The summed E-state index contributed by atoms with van der Waals surface area (Å²) < 4.78 is 0. The number of hydrogen-bond donors (Lipinski definition) is 2. The van der Waals surface area contributed by atoms with Crippen LogP contribution in [-0.2, 0) is 9.59 Å². The number of rotatable bonds is 4. The Morgan fingerprint density at radius 2 is 1.23 bits per heavy atom. The quantitative estimate of drug-likeness (QED) is 0.819. The third-order valence-corrected chi connectivity index (χ3v) is 4.92. The number of piperidine rings is 2. The fourth-order valence-electron chi connectivity index (χ4n) is 3.55. The van der Waals surface area contributed by atoms with Gasteiger partial charge in [0, 0.05) is 32.6 Å². The van der Waals surface area contributed by atoms with Crippen LogP contribution in [-0.4, -0.2) is 64.2 Å². The maximum Gasteiger partial charge on any atom is 0.407 e. The topological polar surface area (TPSA) is 98.2 Å². The van der Waals surface area contributed by atoms with Gasteiger partial charge in [-0.15, -0.1) is 0 Å². The van der Waals surface area contributed by atoms with E-state index in [1.54, 1.807) is 4.90 Å². The lowest BCUT2D eigenvalue weighted by molar-refractivity contribution is -0.141. The normalized spacial score (nSPS) is 20.9. The predicted molar refractivity (Wildman–Crippen MR) is 78.5 cm³/mol. The van der Waals surface area contributed by atoms with Crippen LogP contribution in [0, 0.1) is 11.8 Å². The average molecular weight is 312 g/mol. The molecule has 0 saturated carbocycles. The molecule has 2 amide bonds. The molecule has 0 aromatic carbocycles. The number of carbonyl (C=O) groups excluding carboxylic acids is 1. The van der Waals surface area contributed by atoms with E-state index in [4.69, 9.17) is 10.2 Å². The van der Waals surface area contributed by atoms with Crippen molar-refractivity contribution in [2.75, 3.05) is 26.2 Å². The number of carboxylic acids is 1. The van der Waals surface area contributed by atoms with Crippen LogP contribution in [0.15, 0.2) is 0 Å². The Morgan fingerprint density at radius 1 is 0.773 bits per heavy atom. The molecule has 2 fully saturated rings. The zero-order valence-corrected chi connectivity index (χ0v) is 12.7. The number of carbonyl (C=O) groups is 3. The standard InChI is InChI=1S/C15H24N2O5/c18-13(1-2-14(19)20)16-7-3-11(4-8-16)12-5-9-17(10-6-12)15(21)22/h11-12H,1-10H2,(H,19,20)(H,21,22). The summed E-state index contributed by atoms with van der Waals surface area (Å²) in [6.45, 7) is 2.61. The Kier molecular flexibility index (Phi) is 5.63. The summed E-state index contributed by atoms with van der Waals surface area (Å²) in [4.78, 5) is 36.5. The molecule has 22 heavy (non-hydrogen) atoms. The molecule has 0 aromatic rings. The zero-order chi connectivity index (χ0) is 16.1. The Balaban J connectivity index is 1.72. The molecule has 7 nitrogen and oxygen atoms in total. The summed E-state index contributed by atoms with van der Waals surface area (Å²) in [7, 11) is 0. The average Bonchev–Trinajstić information content (AvgIpc) is 2.53. The van der Waals surface area contributed by atoms with Gasteiger partial charge in [0.05, 0.1) is 6.42 Å². The molecule has 0 spiro atoms. The van der Waals surface area contributed by atoms with Crippen LogP contribution in [0.25, 0.3) is 0 Å². The van der Waals surface area contributed by atoms with E-state index in [9.17, 15) is 14.4 Å². The summed E-state index contributed by atoms with van der Waals surface area (Å²) >= 11 is 0. The first-order valence-corrected chi connectivity index (χ1v) is 7.95. The second kappa shape index (κ2) is 7.47. The lowest BCUT2D eigenvalue weighted by Gasteiger charge is -2.39. The van der Waals surface area contributed by atoms with Crippen molar-refractivity contribution in [2.45, 2.75) is 38.5 Å². The molecular formula is C15H24N2O5. The zero-order valence-electron chi connectivity index (χ0n) is 12.7. The van der Waals surface area contributed by atoms with Gasteiger partial charge in [-0.25, -0.2) is 4.79 Å². The third kappa shape index (κ3) is 4.35. The molecule has 2 N–H and O–H groups in total. The smallest absolute Gasteiger partial charge is 0.407 e. The molecule has 0 radical (unpaired) electrons. The van der Waals surface area contributed by atoms with Gasteiger partial charge in [-0.1, -0.05) is 0 Å². The predicted octanol–water partition coefficient (Wildman–Crippen LogP) is 1.48. The van der Waals surface area contributed by atoms with Crippen LogP contribution >= 0.6 is 0 Å². The van der Waals surface area contributed by atoms with Crippen LogP contribution < -0.4 is 0 Å². The molecule has 0 aromatic heterocycles. The van der Waals surface area contributed by atoms with Crippen molar-refractivity contribution in [1.82, 2.24) is 9.80 Å². The largest absolute Gasteiger partial charge is 0.481 e. The number of nitrogens with zero attached hydrogens (tertiary/aromatic N) is 2. The minimum atomic E-state index is -0.937. The van der Waals surface area contributed by atoms with E-state index in [-0.39, 0.29) is 18.7 Å². The second-order valence-electron chi connectivity index (χ2n) is 6.22. The number of carboxylic acid groups (broad SMARTS) is 2. The molecule has 2 heterocycles. The molecule has 0 atom stereocenters. The molecule has 124 valence electrons. The van der Waals surface area contributed by atoms with Crippen LogP contribution in [0.1, 0.15) is 38.5 Å². The molecule has 7 heteroatoms. The Bertz CT molecular complexity index is 424. The van der Waals surface area contributed by atoms with E-state index in [0.717, 1.165) is 25.7 Å². The van der Waals surface area contributed by atoms with Gasteiger partial charge in [0.2, 0.25) is 5.91 Å². The van der Waals surface area contributed by atoms with Gasteiger partial charge in [0.15, 0.2) is 0 Å². The van der Waals surface area contributed by atoms with E-state index in [1.165, 1.54) is 4.90 Å². The molecule has 0 bridgehead atoms. The van der Waals surface area contributed by atoms with E-state index in [2.05, 4.69) is 0 Å². The molecule has 2 saturated heterocycles. The van der Waals surface area contributed by atoms with E-state index >= 15 is 0 Å².